The van der Waals surface area contributed by atoms with Gasteiger partial charge >= 0.3 is 0 Å². The van der Waals surface area contributed by atoms with Crippen LogP contribution in [0.1, 0.15) is 23.4 Å². The maximum atomic E-state index is 11.8. The zero-order valence-electron chi connectivity index (χ0n) is 16.7. The molecule has 1 amide bonds. The molecule has 1 aliphatic rings. The van der Waals surface area contributed by atoms with E-state index in [0.717, 1.165) is 5.56 Å². The molecule has 3 aromatic heterocycles. The number of rotatable bonds is 4. The Morgan fingerprint density at radius 3 is 2.61 bits per heavy atom. The van der Waals surface area contributed by atoms with E-state index in [1.165, 1.54) is 15.9 Å². The molecule has 1 fully saturated rings. The third kappa shape index (κ3) is 3.58. The highest BCUT2D eigenvalue weighted by atomic mass is 35.5. The van der Waals surface area contributed by atoms with Crippen molar-refractivity contribution >= 4 is 33.8 Å². The van der Waals surface area contributed by atoms with E-state index in [1.807, 2.05) is 29.2 Å². The van der Waals surface area contributed by atoms with Gasteiger partial charge in [0.1, 0.15) is 0 Å². The van der Waals surface area contributed by atoms with Crippen LogP contribution in [0, 0.1) is 0 Å². The van der Waals surface area contributed by atoms with E-state index in [4.69, 9.17) is 16.0 Å². The molecule has 0 unspecified atom stereocenters. The van der Waals surface area contributed by atoms with Gasteiger partial charge in [0, 0.05) is 38.1 Å². The number of furan rings is 1. The number of halogens is 1. The number of nitrogens with zero attached hydrogens (tertiary/aromatic N) is 5. The summed E-state index contributed by atoms with van der Waals surface area (Å²) in [6.45, 7) is 4.17. The van der Waals surface area contributed by atoms with Crippen molar-refractivity contribution in [2.24, 2.45) is 0 Å². The zero-order chi connectivity index (χ0) is 21.5. The van der Waals surface area contributed by atoms with Crippen molar-refractivity contribution in [2.75, 3.05) is 26.2 Å². The molecule has 1 N–H and O–H groups in total. The molecule has 5 rings (SSSR count). The smallest absolute Gasteiger partial charge is 0.230 e. The Kier molecular flexibility index (Phi) is 5.17. The van der Waals surface area contributed by atoms with Gasteiger partial charge in [-0.05, 0) is 23.8 Å². The van der Waals surface area contributed by atoms with Gasteiger partial charge in [-0.1, -0.05) is 41.1 Å². The lowest BCUT2D eigenvalue weighted by Gasteiger charge is -2.39. The van der Waals surface area contributed by atoms with E-state index >= 15 is 0 Å². The molecule has 1 aromatic carbocycles. The number of thiazole rings is 1. The van der Waals surface area contributed by atoms with Gasteiger partial charge in [-0.2, -0.15) is 9.50 Å². The summed E-state index contributed by atoms with van der Waals surface area (Å²) in [4.78, 5) is 21.6. The molecular weight excluding hydrogens is 438 g/mol. The molecule has 0 radical (unpaired) electrons. The van der Waals surface area contributed by atoms with E-state index in [9.17, 15) is 9.90 Å². The molecule has 31 heavy (non-hydrogen) atoms. The quantitative estimate of drug-likeness (QED) is 0.503. The minimum Gasteiger partial charge on any atom is -0.492 e. The van der Waals surface area contributed by atoms with E-state index in [-0.39, 0.29) is 17.8 Å². The van der Waals surface area contributed by atoms with E-state index in [2.05, 4.69) is 15.0 Å². The van der Waals surface area contributed by atoms with Crippen LogP contribution >= 0.6 is 22.9 Å². The molecule has 1 atom stereocenters. The Labute approximate surface area is 187 Å². The lowest BCUT2D eigenvalue weighted by molar-refractivity contribution is -0.130. The van der Waals surface area contributed by atoms with Crippen LogP contribution in [-0.4, -0.2) is 61.6 Å². The van der Waals surface area contributed by atoms with Gasteiger partial charge in [0.25, 0.3) is 0 Å². The number of piperazine rings is 1. The Bertz CT molecular complexity index is 1230. The number of hydrogen-bond donors (Lipinski definition) is 1. The second-order valence-electron chi connectivity index (χ2n) is 7.36. The van der Waals surface area contributed by atoms with Crippen molar-refractivity contribution in [1.29, 1.82) is 0 Å². The summed E-state index contributed by atoms with van der Waals surface area (Å²) < 4.78 is 6.81. The number of benzene rings is 1. The number of aromatic hydroxyl groups is 1. The molecule has 0 spiro atoms. The molecule has 1 aliphatic heterocycles. The molecule has 0 saturated carbocycles. The summed E-state index contributed by atoms with van der Waals surface area (Å²) in [7, 11) is 0. The van der Waals surface area contributed by atoms with Gasteiger partial charge in [-0.25, -0.2) is 0 Å². The molecule has 8 nitrogen and oxygen atoms in total. The van der Waals surface area contributed by atoms with E-state index in [0.29, 0.717) is 52.6 Å². The van der Waals surface area contributed by atoms with Crippen LogP contribution in [0.25, 0.3) is 16.5 Å². The van der Waals surface area contributed by atoms with E-state index < -0.39 is 0 Å². The highest BCUT2D eigenvalue weighted by Gasteiger charge is 2.33. The summed E-state index contributed by atoms with van der Waals surface area (Å²) in [5, 5.41) is 16.1. The van der Waals surface area contributed by atoms with Crippen molar-refractivity contribution in [3.8, 4) is 17.5 Å². The standard InChI is InChI=1S/C21H20ClN5O3S/c1-13(28)25-8-10-26(11-9-25)17(14-5-2-3-6-15(14)22)18-20(29)27-21(31-18)23-19(24-27)16-7-4-12-30-16/h2-7,12,17,29H,8-11H2,1H3/t17-/m0/s1. The minimum absolute atomic E-state index is 0.0317. The molecule has 10 heteroatoms. The van der Waals surface area contributed by atoms with Gasteiger partial charge in [-0.15, -0.1) is 5.10 Å². The first-order valence-electron chi connectivity index (χ1n) is 9.89. The van der Waals surface area contributed by atoms with Crippen LogP contribution in [-0.2, 0) is 4.79 Å². The topological polar surface area (TPSA) is 87.1 Å². The predicted octanol–water partition coefficient (Wildman–Crippen LogP) is 3.66. The number of hydrogen-bond acceptors (Lipinski definition) is 7. The fourth-order valence-corrected chi connectivity index (χ4v) is 5.28. The molecule has 0 aliphatic carbocycles. The van der Waals surface area contributed by atoms with Crippen molar-refractivity contribution in [3.63, 3.8) is 0 Å². The van der Waals surface area contributed by atoms with Crippen LogP contribution < -0.4 is 0 Å². The highest BCUT2D eigenvalue weighted by Crippen LogP contribution is 2.42. The van der Waals surface area contributed by atoms with Gasteiger partial charge in [0.05, 0.1) is 17.2 Å². The lowest BCUT2D eigenvalue weighted by Crippen LogP contribution is -2.49. The average Bonchev–Trinajstić information content (AvgIpc) is 3.49. The maximum absolute atomic E-state index is 11.8. The number of fused-ring (bicyclic) bond motifs is 1. The average molecular weight is 458 g/mol. The Morgan fingerprint density at radius 1 is 1.19 bits per heavy atom. The van der Waals surface area contributed by atoms with Gasteiger partial charge < -0.3 is 14.4 Å². The first-order valence-corrected chi connectivity index (χ1v) is 11.1. The molecular formula is C21H20ClN5O3S. The summed E-state index contributed by atoms with van der Waals surface area (Å²) in [6.07, 6.45) is 1.56. The van der Waals surface area contributed by atoms with Crippen LogP contribution in [0.3, 0.4) is 0 Å². The summed E-state index contributed by atoms with van der Waals surface area (Å²) in [5.41, 5.74) is 0.895. The second-order valence-corrected chi connectivity index (χ2v) is 8.78. The van der Waals surface area contributed by atoms with Gasteiger partial charge in [0.2, 0.25) is 22.6 Å². The molecule has 0 bridgehead atoms. The Balaban J connectivity index is 1.56. The van der Waals surface area contributed by atoms with Crippen LogP contribution in [0.5, 0.6) is 5.88 Å². The number of carbonyl (C=O) groups is 1. The van der Waals surface area contributed by atoms with Gasteiger partial charge in [-0.3, -0.25) is 9.69 Å². The fourth-order valence-electron chi connectivity index (χ4n) is 3.93. The Morgan fingerprint density at radius 2 is 1.97 bits per heavy atom. The number of amides is 1. The molecule has 4 heterocycles. The summed E-state index contributed by atoms with van der Waals surface area (Å²) in [5.74, 6) is 1.06. The minimum atomic E-state index is -0.275. The molecule has 1 saturated heterocycles. The first kappa shape index (κ1) is 20.0. The molecule has 160 valence electrons. The van der Waals surface area contributed by atoms with Crippen molar-refractivity contribution < 1.29 is 14.3 Å². The number of aromatic nitrogens is 3. The highest BCUT2D eigenvalue weighted by molar-refractivity contribution is 7.17. The summed E-state index contributed by atoms with van der Waals surface area (Å²) in [6, 6.07) is 10.9. The normalized spacial score (nSPS) is 16.1. The maximum Gasteiger partial charge on any atom is 0.230 e. The third-order valence-electron chi connectivity index (χ3n) is 5.51. The number of carbonyl (C=O) groups excluding carboxylic acids is 1. The van der Waals surface area contributed by atoms with Crippen molar-refractivity contribution in [3.05, 3.63) is 58.1 Å². The monoisotopic (exact) mass is 457 g/mol. The SMILES string of the molecule is CC(=O)N1CCN([C@@H](c2ccccc2Cl)c2sc3nc(-c4ccco4)nn3c2O)CC1. The fraction of sp³-hybridized carbons (Fsp3) is 0.286. The second kappa shape index (κ2) is 7.99. The predicted molar refractivity (Wildman–Crippen MR) is 117 cm³/mol. The molecule has 4 aromatic rings. The van der Waals surface area contributed by atoms with Crippen molar-refractivity contribution in [1.82, 2.24) is 24.4 Å². The first-order chi connectivity index (χ1) is 15.0. The largest absolute Gasteiger partial charge is 0.492 e. The van der Waals surface area contributed by atoms with Crippen LogP contribution in [0.15, 0.2) is 47.1 Å². The zero-order valence-corrected chi connectivity index (χ0v) is 18.3. The third-order valence-corrected chi connectivity index (χ3v) is 6.93. The van der Waals surface area contributed by atoms with E-state index in [1.54, 1.807) is 25.3 Å². The summed E-state index contributed by atoms with van der Waals surface area (Å²) >= 11 is 7.94. The lowest BCUT2D eigenvalue weighted by atomic mass is 10.0. The van der Waals surface area contributed by atoms with Crippen molar-refractivity contribution in [2.45, 2.75) is 13.0 Å². The van der Waals surface area contributed by atoms with Gasteiger partial charge in [0.15, 0.2) is 5.76 Å². The Hall–Kier alpha value is -2.88. The van der Waals surface area contributed by atoms with Crippen LogP contribution in [0.2, 0.25) is 5.02 Å². The van der Waals surface area contributed by atoms with Crippen LogP contribution in [0.4, 0.5) is 0 Å².